The highest BCUT2D eigenvalue weighted by molar-refractivity contribution is 7.91. The second-order valence-corrected chi connectivity index (χ2v) is 12.8. The van der Waals surface area contributed by atoms with Crippen LogP contribution in [0.5, 0.6) is 0 Å². The van der Waals surface area contributed by atoms with Crippen LogP contribution in [0.25, 0.3) is 10.8 Å². The van der Waals surface area contributed by atoms with Gasteiger partial charge in [0.05, 0.1) is 0 Å². The lowest BCUT2D eigenvalue weighted by molar-refractivity contribution is 0.151. The van der Waals surface area contributed by atoms with Crippen LogP contribution in [-0.2, 0) is 4.52 Å². The Morgan fingerprint density at radius 1 is 0.656 bits per heavy atom. The van der Waals surface area contributed by atoms with Crippen LogP contribution in [0.4, 0.5) is 0 Å². The molecule has 0 spiro atoms. The number of aromatic nitrogens is 1. The topological polar surface area (TPSA) is 22.1 Å². The number of rotatable bonds is 4. The minimum atomic E-state index is -2.50. The van der Waals surface area contributed by atoms with E-state index in [0.29, 0.717) is 0 Å². The molecule has 4 rings (SSSR count). The molecule has 3 heteroatoms. The van der Waals surface area contributed by atoms with Gasteiger partial charge in [-0.2, -0.15) is 0 Å². The molecule has 0 saturated heterocycles. The summed E-state index contributed by atoms with van der Waals surface area (Å²) in [5, 5.41) is 4.77. The Morgan fingerprint density at radius 2 is 1.12 bits per heavy atom. The van der Waals surface area contributed by atoms with Gasteiger partial charge in [-0.1, -0.05) is 36.4 Å². The van der Waals surface area contributed by atoms with Gasteiger partial charge in [0.15, 0.2) is 0 Å². The van der Waals surface area contributed by atoms with Crippen LogP contribution in [0.15, 0.2) is 72.9 Å². The molecule has 0 radical (unpaired) electrons. The minimum Gasteiger partial charge on any atom is -0.219 e. The third-order valence-electron chi connectivity index (χ3n) is 5.49. The Morgan fingerprint density at radius 3 is 1.59 bits per heavy atom. The SMILES string of the molecule is Cc1cc(C)cc([P+](OC(C)(C)C)(c2cc(C)cc(C)c2)c2cc3ccccc3cn2)c1. The summed E-state index contributed by atoms with van der Waals surface area (Å²) in [6, 6.07) is 24.3. The summed E-state index contributed by atoms with van der Waals surface area (Å²) in [7, 11) is -2.50. The van der Waals surface area contributed by atoms with Crippen LogP contribution in [-0.4, -0.2) is 10.6 Å². The lowest BCUT2D eigenvalue weighted by atomic mass is 10.2. The standard InChI is InChI=1S/C29H33NOP/c1-20-12-21(2)15-26(14-20)32(31-29(5,6)7,27-16-22(3)13-23(4)17-27)28-18-24-10-8-9-11-25(24)19-30-28/h8-19H,1-7H3/q+1. The molecule has 0 atom stereocenters. The van der Waals surface area contributed by atoms with Gasteiger partial charge in [-0.3, -0.25) is 0 Å². The molecule has 0 unspecified atom stereocenters. The second kappa shape index (κ2) is 8.43. The van der Waals surface area contributed by atoms with Crippen molar-refractivity contribution in [3.05, 3.63) is 95.2 Å². The van der Waals surface area contributed by atoms with E-state index in [0.717, 1.165) is 10.8 Å². The molecule has 3 aromatic carbocycles. The maximum atomic E-state index is 7.20. The molecule has 0 fully saturated rings. The fourth-order valence-corrected chi connectivity index (χ4v) is 8.52. The van der Waals surface area contributed by atoms with Crippen molar-refractivity contribution in [1.29, 1.82) is 0 Å². The molecule has 0 aliphatic heterocycles. The Bertz CT molecular complexity index is 1190. The predicted molar refractivity (Wildman–Crippen MR) is 140 cm³/mol. The fraction of sp³-hybridized carbons (Fsp3) is 0.276. The summed E-state index contributed by atoms with van der Waals surface area (Å²) in [6.45, 7) is 15.1. The average Bonchev–Trinajstić information content (AvgIpc) is 2.69. The highest BCUT2D eigenvalue weighted by Crippen LogP contribution is 2.59. The van der Waals surface area contributed by atoms with Crippen molar-refractivity contribution in [2.45, 2.75) is 54.1 Å². The zero-order chi connectivity index (χ0) is 23.1. The predicted octanol–water partition coefficient (Wildman–Crippen LogP) is 6.49. The molecular formula is C29H33NOP+. The summed E-state index contributed by atoms with van der Waals surface area (Å²) in [4.78, 5) is 5.06. The summed E-state index contributed by atoms with van der Waals surface area (Å²) in [5.74, 6) is 0. The Kier molecular flexibility index (Phi) is 5.96. The van der Waals surface area contributed by atoms with Gasteiger partial charge in [0.1, 0.15) is 16.2 Å². The molecule has 0 N–H and O–H groups in total. The third-order valence-corrected chi connectivity index (χ3v) is 9.17. The Balaban J connectivity index is 2.14. The summed E-state index contributed by atoms with van der Waals surface area (Å²) >= 11 is 0. The van der Waals surface area contributed by atoms with Crippen LogP contribution < -0.4 is 16.0 Å². The molecule has 0 aliphatic rings. The first kappa shape index (κ1) is 22.6. The Labute approximate surface area is 193 Å². The fourth-order valence-electron chi connectivity index (χ4n) is 4.49. The van der Waals surface area contributed by atoms with Crippen molar-refractivity contribution in [3.63, 3.8) is 0 Å². The zero-order valence-electron chi connectivity index (χ0n) is 20.2. The van der Waals surface area contributed by atoms with E-state index >= 15 is 0 Å². The van der Waals surface area contributed by atoms with Crippen molar-refractivity contribution in [2.75, 3.05) is 0 Å². The summed E-state index contributed by atoms with van der Waals surface area (Å²) in [6.07, 6.45) is 2.00. The maximum absolute atomic E-state index is 7.20. The van der Waals surface area contributed by atoms with Gasteiger partial charge in [0.2, 0.25) is 5.44 Å². The zero-order valence-corrected chi connectivity index (χ0v) is 21.1. The van der Waals surface area contributed by atoms with Crippen LogP contribution in [0, 0.1) is 27.7 Å². The molecule has 2 nitrogen and oxygen atoms in total. The van der Waals surface area contributed by atoms with Gasteiger partial charge >= 0.3 is 0 Å². The van der Waals surface area contributed by atoms with Crippen LogP contribution in [0.3, 0.4) is 0 Å². The van der Waals surface area contributed by atoms with Gasteiger partial charge in [-0.05, 0) is 100 Å². The third kappa shape index (κ3) is 4.49. The first-order chi connectivity index (χ1) is 15.1. The number of hydrogen-bond acceptors (Lipinski definition) is 2. The summed E-state index contributed by atoms with van der Waals surface area (Å²) in [5.41, 5.74) is 5.63. The first-order valence-electron chi connectivity index (χ1n) is 11.2. The number of fused-ring (bicyclic) bond motifs is 1. The molecule has 32 heavy (non-hydrogen) atoms. The van der Waals surface area contributed by atoms with E-state index in [-0.39, 0.29) is 5.60 Å². The Hall–Kier alpha value is -2.54. The van der Waals surface area contributed by atoms with E-state index in [1.807, 2.05) is 6.20 Å². The van der Waals surface area contributed by atoms with Gasteiger partial charge in [0, 0.05) is 17.6 Å². The van der Waals surface area contributed by atoms with E-state index in [2.05, 4.69) is 115 Å². The quantitative estimate of drug-likeness (QED) is 0.337. The van der Waals surface area contributed by atoms with Crippen LogP contribution in [0.2, 0.25) is 0 Å². The van der Waals surface area contributed by atoms with Crippen molar-refractivity contribution in [1.82, 2.24) is 4.98 Å². The smallest absolute Gasteiger partial charge is 0.219 e. The number of hydrogen-bond donors (Lipinski definition) is 0. The highest BCUT2D eigenvalue weighted by atomic mass is 31.2. The van der Waals surface area contributed by atoms with E-state index in [9.17, 15) is 0 Å². The number of pyridine rings is 1. The molecule has 0 aliphatic carbocycles. The molecular weight excluding hydrogens is 409 g/mol. The van der Waals surface area contributed by atoms with Crippen molar-refractivity contribution >= 4 is 34.3 Å². The van der Waals surface area contributed by atoms with Gasteiger partial charge in [-0.15, -0.1) is 0 Å². The molecule has 1 aromatic heterocycles. The van der Waals surface area contributed by atoms with Gasteiger partial charge in [0.25, 0.3) is 7.49 Å². The largest absolute Gasteiger partial charge is 0.262 e. The maximum Gasteiger partial charge on any atom is 0.262 e. The van der Waals surface area contributed by atoms with Crippen molar-refractivity contribution in [2.24, 2.45) is 0 Å². The number of nitrogens with zero attached hydrogens (tertiary/aromatic N) is 1. The van der Waals surface area contributed by atoms with Crippen LogP contribution >= 0.6 is 7.49 Å². The van der Waals surface area contributed by atoms with Gasteiger partial charge < -0.3 is 0 Å². The lowest BCUT2D eigenvalue weighted by Gasteiger charge is -2.31. The van der Waals surface area contributed by atoms with E-state index < -0.39 is 7.49 Å². The average molecular weight is 443 g/mol. The number of benzene rings is 3. The number of aryl methyl sites for hydroxylation is 4. The molecule has 4 aromatic rings. The minimum absolute atomic E-state index is 0.351. The molecule has 0 amide bonds. The molecule has 0 bridgehead atoms. The van der Waals surface area contributed by atoms with Crippen molar-refractivity contribution in [3.8, 4) is 0 Å². The summed E-state index contributed by atoms with van der Waals surface area (Å²) < 4.78 is 7.20. The lowest BCUT2D eigenvalue weighted by Crippen LogP contribution is -2.39. The first-order valence-corrected chi connectivity index (χ1v) is 12.9. The van der Waals surface area contributed by atoms with E-state index in [1.54, 1.807) is 0 Å². The highest BCUT2D eigenvalue weighted by Gasteiger charge is 2.53. The normalized spacial score (nSPS) is 12.3. The van der Waals surface area contributed by atoms with Gasteiger partial charge in [-0.25, -0.2) is 9.51 Å². The van der Waals surface area contributed by atoms with Crippen molar-refractivity contribution < 1.29 is 4.52 Å². The molecule has 164 valence electrons. The molecule has 1 heterocycles. The molecule has 0 saturated carbocycles. The monoisotopic (exact) mass is 442 g/mol. The van der Waals surface area contributed by atoms with E-state index in [4.69, 9.17) is 9.51 Å². The van der Waals surface area contributed by atoms with E-state index in [1.165, 1.54) is 38.2 Å². The van der Waals surface area contributed by atoms with Crippen LogP contribution in [0.1, 0.15) is 43.0 Å². The second-order valence-electron chi connectivity index (χ2n) is 9.89.